The Balaban J connectivity index is 2.42. The van der Waals surface area contributed by atoms with Crippen LogP contribution in [0.2, 0.25) is 0 Å². The predicted molar refractivity (Wildman–Crippen MR) is 59.3 cm³/mol. The molecule has 0 bridgehead atoms. The van der Waals surface area contributed by atoms with E-state index in [2.05, 4.69) is 32.7 Å². The first-order valence-corrected chi connectivity index (χ1v) is 5.60. The lowest BCUT2D eigenvalue weighted by atomic mass is 9.98. The van der Waals surface area contributed by atoms with Crippen LogP contribution in [-0.4, -0.2) is 42.8 Å². The highest BCUT2D eigenvalue weighted by Crippen LogP contribution is 2.22. The van der Waals surface area contributed by atoms with Crippen molar-refractivity contribution in [3.8, 4) is 0 Å². The molecule has 84 valence electrons. The van der Waals surface area contributed by atoms with E-state index >= 15 is 0 Å². The smallest absolute Gasteiger partial charge is 0.0565 e. The van der Waals surface area contributed by atoms with E-state index in [0.29, 0.717) is 18.2 Å². The minimum atomic E-state index is 0.258. The lowest BCUT2D eigenvalue weighted by Crippen LogP contribution is -2.45. The Morgan fingerprint density at radius 2 is 1.86 bits per heavy atom. The van der Waals surface area contributed by atoms with Crippen LogP contribution in [0, 0.1) is 0 Å². The average molecular weight is 200 g/mol. The van der Waals surface area contributed by atoms with Crippen molar-refractivity contribution < 1.29 is 4.74 Å². The van der Waals surface area contributed by atoms with Gasteiger partial charge < -0.3 is 15.4 Å². The summed E-state index contributed by atoms with van der Waals surface area (Å²) in [6.07, 6.45) is 3.04. The molecule has 0 radical (unpaired) electrons. The highest BCUT2D eigenvalue weighted by Gasteiger charge is 2.27. The van der Waals surface area contributed by atoms with Crippen molar-refractivity contribution in [2.45, 2.75) is 57.9 Å². The standard InChI is InChI=1S/C11H24N2O/c1-8(12)7-13(4)11-5-9(2)14-10(3)6-11/h8-11H,5-7,12H2,1-4H3. The topological polar surface area (TPSA) is 38.5 Å². The van der Waals surface area contributed by atoms with Gasteiger partial charge in [0.25, 0.3) is 0 Å². The molecule has 0 aliphatic carbocycles. The molecule has 0 spiro atoms. The van der Waals surface area contributed by atoms with Gasteiger partial charge in [0.05, 0.1) is 12.2 Å². The Labute approximate surface area is 87.6 Å². The van der Waals surface area contributed by atoms with Crippen LogP contribution in [0.15, 0.2) is 0 Å². The summed E-state index contributed by atoms with van der Waals surface area (Å²) in [6, 6.07) is 0.896. The second-order valence-electron chi connectivity index (χ2n) is 4.80. The molecule has 1 aliphatic heterocycles. The lowest BCUT2D eigenvalue weighted by molar-refractivity contribution is -0.0616. The molecule has 0 amide bonds. The van der Waals surface area contributed by atoms with Gasteiger partial charge in [-0.15, -0.1) is 0 Å². The third-order valence-corrected chi connectivity index (χ3v) is 2.87. The van der Waals surface area contributed by atoms with Gasteiger partial charge >= 0.3 is 0 Å². The van der Waals surface area contributed by atoms with Crippen LogP contribution in [0.4, 0.5) is 0 Å². The summed E-state index contributed by atoms with van der Waals surface area (Å²) in [7, 11) is 2.17. The van der Waals surface area contributed by atoms with E-state index in [1.165, 1.54) is 0 Å². The molecule has 2 N–H and O–H groups in total. The van der Waals surface area contributed by atoms with Gasteiger partial charge in [0.1, 0.15) is 0 Å². The molecule has 3 heteroatoms. The van der Waals surface area contributed by atoms with Gasteiger partial charge in [-0.05, 0) is 40.7 Å². The van der Waals surface area contributed by atoms with Crippen molar-refractivity contribution in [2.75, 3.05) is 13.6 Å². The summed E-state index contributed by atoms with van der Waals surface area (Å²) in [4.78, 5) is 2.38. The van der Waals surface area contributed by atoms with E-state index in [-0.39, 0.29) is 6.04 Å². The molecule has 3 atom stereocenters. The fraction of sp³-hybridized carbons (Fsp3) is 1.00. The van der Waals surface area contributed by atoms with E-state index in [1.54, 1.807) is 0 Å². The molecule has 0 aromatic rings. The zero-order chi connectivity index (χ0) is 10.7. The normalized spacial score (nSPS) is 36.0. The lowest BCUT2D eigenvalue weighted by Gasteiger charge is -2.38. The first-order chi connectivity index (χ1) is 6.49. The van der Waals surface area contributed by atoms with Crippen molar-refractivity contribution >= 4 is 0 Å². The molecule has 0 aromatic heterocycles. The van der Waals surface area contributed by atoms with E-state index < -0.39 is 0 Å². The van der Waals surface area contributed by atoms with Crippen molar-refractivity contribution in [1.29, 1.82) is 0 Å². The fourth-order valence-electron chi connectivity index (χ4n) is 2.33. The second kappa shape index (κ2) is 5.10. The molecule has 0 aromatic carbocycles. The Bertz CT molecular complexity index is 163. The van der Waals surface area contributed by atoms with Crippen molar-refractivity contribution in [3.05, 3.63) is 0 Å². The van der Waals surface area contributed by atoms with Gasteiger partial charge in [0.15, 0.2) is 0 Å². The molecule has 0 saturated carbocycles. The molecule has 1 saturated heterocycles. The van der Waals surface area contributed by atoms with E-state index in [4.69, 9.17) is 10.5 Å². The Kier molecular flexibility index (Phi) is 4.35. The van der Waals surface area contributed by atoms with Crippen LogP contribution in [0.5, 0.6) is 0 Å². The minimum Gasteiger partial charge on any atom is -0.375 e. The van der Waals surface area contributed by atoms with Crippen molar-refractivity contribution in [2.24, 2.45) is 5.73 Å². The highest BCUT2D eigenvalue weighted by atomic mass is 16.5. The first kappa shape index (κ1) is 12.0. The Morgan fingerprint density at radius 1 is 1.36 bits per heavy atom. The third kappa shape index (κ3) is 3.56. The molecular formula is C11H24N2O. The maximum absolute atomic E-state index is 5.80. The van der Waals surface area contributed by atoms with E-state index in [0.717, 1.165) is 19.4 Å². The minimum absolute atomic E-state index is 0.258. The Hall–Kier alpha value is -0.120. The number of rotatable bonds is 3. The first-order valence-electron chi connectivity index (χ1n) is 5.60. The second-order valence-corrected chi connectivity index (χ2v) is 4.80. The highest BCUT2D eigenvalue weighted by molar-refractivity contribution is 4.80. The van der Waals surface area contributed by atoms with Gasteiger partial charge in [-0.25, -0.2) is 0 Å². The largest absolute Gasteiger partial charge is 0.375 e. The van der Waals surface area contributed by atoms with Gasteiger partial charge in [-0.3, -0.25) is 0 Å². The van der Waals surface area contributed by atoms with Crippen LogP contribution in [-0.2, 0) is 4.74 Å². The predicted octanol–water partition coefficient (Wildman–Crippen LogP) is 1.22. The molecule has 1 rings (SSSR count). The Morgan fingerprint density at radius 3 is 2.29 bits per heavy atom. The monoisotopic (exact) mass is 200 g/mol. The van der Waals surface area contributed by atoms with E-state index in [1.807, 2.05) is 0 Å². The number of likely N-dealkylation sites (N-methyl/N-ethyl adjacent to an activating group) is 1. The van der Waals surface area contributed by atoms with Crippen molar-refractivity contribution in [1.82, 2.24) is 4.90 Å². The van der Waals surface area contributed by atoms with Crippen LogP contribution in [0.1, 0.15) is 33.6 Å². The maximum Gasteiger partial charge on any atom is 0.0565 e. The zero-order valence-electron chi connectivity index (χ0n) is 9.86. The maximum atomic E-state index is 5.80. The van der Waals surface area contributed by atoms with Gasteiger partial charge in [0, 0.05) is 18.6 Å². The summed E-state index contributed by atoms with van der Waals surface area (Å²) in [5, 5.41) is 0. The number of hydrogen-bond acceptors (Lipinski definition) is 3. The third-order valence-electron chi connectivity index (χ3n) is 2.87. The van der Waals surface area contributed by atoms with E-state index in [9.17, 15) is 0 Å². The SMILES string of the molecule is CC(N)CN(C)C1CC(C)OC(C)C1. The molecular weight excluding hydrogens is 176 g/mol. The summed E-state index contributed by atoms with van der Waals surface area (Å²) in [5.74, 6) is 0. The average Bonchev–Trinajstić information content (AvgIpc) is 2.00. The molecule has 14 heavy (non-hydrogen) atoms. The molecule has 3 unspecified atom stereocenters. The number of nitrogens with zero attached hydrogens (tertiary/aromatic N) is 1. The van der Waals surface area contributed by atoms with Crippen LogP contribution in [0.25, 0.3) is 0 Å². The van der Waals surface area contributed by atoms with Crippen molar-refractivity contribution in [3.63, 3.8) is 0 Å². The van der Waals surface area contributed by atoms with Gasteiger partial charge in [-0.2, -0.15) is 0 Å². The van der Waals surface area contributed by atoms with Crippen LogP contribution < -0.4 is 5.73 Å². The zero-order valence-corrected chi connectivity index (χ0v) is 9.86. The summed E-state index contributed by atoms with van der Waals surface area (Å²) >= 11 is 0. The molecule has 1 aliphatic rings. The molecule has 3 nitrogen and oxygen atoms in total. The number of ether oxygens (including phenoxy) is 1. The van der Waals surface area contributed by atoms with Crippen LogP contribution >= 0.6 is 0 Å². The fourth-order valence-corrected chi connectivity index (χ4v) is 2.33. The number of nitrogens with two attached hydrogens (primary N) is 1. The molecule has 1 heterocycles. The van der Waals surface area contributed by atoms with Gasteiger partial charge in [-0.1, -0.05) is 0 Å². The number of hydrogen-bond donors (Lipinski definition) is 1. The summed E-state index contributed by atoms with van der Waals surface area (Å²) in [6.45, 7) is 7.34. The summed E-state index contributed by atoms with van der Waals surface area (Å²) in [5.41, 5.74) is 5.80. The quantitative estimate of drug-likeness (QED) is 0.744. The van der Waals surface area contributed by atoms with Gasteiger partial charge in [0.2, 0.25) is 0 Å². The van der Waals surface area contributed by atoms with Crippen LogP contribution in [0.3, 0.4) is 0 Å². The molecule has 1 fully saturated rings. The summed E-state index contributed by atoms with van der Waals surface area (Å²) < 4.78 is 5.71.